The lowest BCUT2D eigenvalue weighted by molar-refractivity contribution is -0.191. The van der Waals surface area contributed by atoms with E-state index < -0.39 is 59.5 Å². The van der Waals surface area contributed by atoms with Crippen LogP contribution in [0.5, 0.6) is 0 Å². The van der Waals surface area contributed by atoms with E-state index in [-0.39, 0.29) is 0 Å². The van der Waals surface area contributed by atoms with Crippen molar-refractivity contribution in [2.45, 2.75) is 39.1 Å². The van der Waals surface area contributed by atoms with Gasteiger partial charge in [-0.25, -0.2) is 9.29 Å². The number of carbonyl (C=O) groups is 5. The topological polar surface area (TPSA) is 116 Å². The zero-order valence-electron chi connectivity index (χ0n) is 14.6. The molecule has 2 amide bonds. The third-order valence-electron chi connectivity index (χ3n) is 3.51. The van der Waals surface area contributed by atoms with Gasteiger partial charge < -0.3 is 14.2 Å². The van der Waals surface area contributed by atoms with Crippen molar-refractivity contribution in [3.63, 3.8) is 0 Å². The minimum atomic E-state index is -1.81. The Hall–Kier alpha value is -3.30. The maximum atomic E-state index is 14.2. The van der Waals surface area contributed by atoms with Crippen LogP contribution in [0.4, 0.5) is 10.1 Å². The molecular weight excluding hydrogens is 365 g/mol. The van der Waals surface area contributed by atoms with Crippen LogP contribution in [0.2, 0.25) is 0 Å². The molecule has 0 aliphatic carbocycles. The highest BCUT2D eigenvalue weighted by atomic mass is 19.1. The second kappa shape index (κ2) is 7.94. The van der Waals surface area contributed by atoms with Gasteiger partial charge in [-0.3, -0.25) is 24.0 Å². The number of para-hydroxylation sites is 1. The highest BCUT2D eigenvalue weighted by Gasteiger charge is 2.55. The molecule has 0 spiro atoms. The van der Waals surface area contributed by atoms with Crippen LogP contribution in [-0.4, -0.2) is 48.0 Å². The van der Waals surface area contributed by atoms with Gasteiger partial charge in [0.05, 0.1) is 5.69 Å². The molecule has 0 bridgehead atoms. The molecule has 1 heterocycles. The zero-order valence-corrected chi connectivity index (χ0v) is 14.6. The predicted octanol–water partition coefficient (Wildman–Crippen LogP) is 0.494. The number of hydrogen-bond donors (Lipinski definition) is 0. The smallest absolute Gasteiger partial charge is 0.303 e. The van der Waals surface area contributed by atoms with Crippen molar-refractivity contribution in [3.8, 4) is 0 Å². The van der Waals surface area contributed by atoms with Gasteiger partial charge in [0, 0.05) is 20.8 Å². The number of benzene rings is 1. The third kappa shape index (κ3) is 4.27. The van der Waals surface area contributed by atoms with Gasteiger partial charge in [-0.05, 0) is 12.1 Å². The molecule has 1 saturated heterocycles. The first-order valence-electron chi connectivity index (χ1n) is 7.77. The molecule has 0 radical (unpaired) electrons. The van der Waals surface area contributed by atoms with Gasteiger partial charge in [-0.2, -0.15) is 0 Å². The van der Waals surface area contributed by atoms with Crippen LogP contribution in [0, 0.1) is 5.82 Å². The number of piperidine rings is 1. The molecule has 10 heteroatoms. The molecule has 9 nitrogen and oxygen atoms in total. The van der Waals surface area contributed by atoms with Gasteiger partial charge in [0.25, 0.3) is 11.8 Å². The summed E-state index contributed by atoms with van der Waals surface area (Å²) in [5.74, 6) is -5.95. The van der Waals surface area contributed by atoms with E-state index >= 15 is 0 Å². The second-order valence-electron chi connectivity index (χ2n) is 5.60. The zero-order chi connectivity index (χ0) is 20.3. The molecule has 1 unspecified atom stereocenters. The molecule has 2 rings (SSSR count). The van der Waals surface area contributed by atoms with Crippen molar-refractivity contribution in [2.75, 3.05) is 4.90 Å². The van der Waals surface area contributed by atoms with Crippen LogP contribution >= 0.6 is 0 Å². The van der Waals surface area contributed by atoms with Gasteiger partial charge in [0.2, 0.25) is 12.2 Å². The Kier molecular flexibility index (Phi) is 5.88. The molecular formula is C17H16FNO8. The normalized spacial score (nSPS) is 22.2. The minimum Gasteiger partial charge on any atom is -0.453 e. The second-order valence-corrected chi connectivity index (χ2v) is 5.60. The van der Waals surface area contributed by atoms with Crippen molar-refractivity contribution in [2.24, 2.45) is 0 Å². The fourth-order valence-electron chi connectivity index (χ4n) is 2.58. The molecule has 1 aliphatic rings. The Bertz CT molecular complexity index is 772. The summed E-state index contributed by atoms with van der Waals surface area (Å²) < 4.78 is 28.9. The van der Waals surface area contributed by atoms with E-state index in [1.807, 2.05) is 0 Å². The largest absolute Gasteiger partial charge is 0.453 e. The fourth-order valence-corrected chi connectivity index (χ4v) is 2.58. The van der Waals surface area contributed by atoms with Crippen LogP contribution in [0.25, 0.3) is 0 Å². The first-order valence-corrected chi connectivity index (χ1v) is 7.77. The number of halogens is 1. The van der Waals surface area contributed by atoms with Crippen LogP contribution in [0.3, 0.4) is 0 Å². The number of amides is 2. The number of imide groups is 1. The summed E-state index contributed by atoms with van der Waals surface area (Å²) in [6.07, 6.45) is -5.33. The average Bonchev–Trinajstić information content (AvgIpc) is 2.55. The first-order chi connectivity index (χ1) is 12.6. The van der Waals surface area contributed by atoms with E-state index in [4.69, 9.17) is 14.2 Å². The van der Waals surface area contributed by atoms with Crippen molar-refractivity contribution in [3.05, 3.63) is 30.1 Å². The number of esters is 3. The van der Waals surface area contributed by atoms with Gasteiger partial charge in [-0.15, -0.1) is 0 Å². The number of hydrogen-bond acceptors (Lipinski definition) is 8. The Labute approximate surface area is 153 Å². The van der Waals surface area contributed by atoms with E-state index in [1.54, 1.807) is 0 Å². The SMILES string of the molecule is CC(=O)OC1[C@H](OC(C)=O)C(=O)N(c2ccccc2F)C(=O)[C@@H]1OC(C)=O. The summed E-state index contributed by atoms with van der Waals surface area (Å²) in [4.78, 5) is 60.2. The minimum absolute atomic E-state index is 0.399. The van der Waals surface area contributed by atoms with Gasteiger partial charge in [0.15, 0.2) is 6.10 Å². The van der Waals surface area contributed by atoms with E-state index in [1.165, 1.54) is 12.1 Å². The lowest BCUT2D eigenvalue weighted by atomic mass is 9.98. The van der Waals surface area contributed by atoms with Crippen LogP contribution in [-0.2, 0) is 38.2 Å². The average molecular weight is 381 g/mol. The lowest BCUT2D eigenvalue weighted by Gasteiger charge is -2.39. The maximum Gasteiger partial charge on any atom is 0.303 e. The Morgan fingerprint density at radius 2 is 1.30 bits per heavy atom. The van der Waals surface area contributed by atoms with Crippen molar-refractivity contribution in [1.82, 2.24) is 0 Å². The molecule has 1 fully saturated rings. The highest BCUT2D eigenvalue weighted by molar-refractivity contribution is 6.21. The highest BCUT2D eigenvalue weighted by Crippen LogP contribution is 2.29. The molecule has 1 aromatic rings. The summed E-state index contributed by atoms with van der Waals surface area (Å²) in [6.45, 7) is 2.97. The monoisotopic (exact) mass is 381 g/mol. The van der Waals surface area contributed by atoms with E-state index in [9.17, 15) is 28.4 Å². The molecule has 27 heavy (non-hydrogen) atoms. The quantitative estimate of drug-likeness (QED) is 0.420. The fraction of sp³-hybridized carbons (Fsp3) is 0.353. The standard InChI is InChI=1S/C17H16FNO8/c1-8(20)25-13-14(26-9(2)21)16(23)19(12-7-5-4-6-11(12)18)17(24)15(13)27-10(3)22/h4-7,13-15H,1-3H3/t13?,14-,15+. The van der Waals surface area contributed by atoms with E-state index in [2.05, 4.69) is 0 Å². The van der Waals surface area contributed by atoms with E-state index in [0.717, 1.165) is 32.9 Å². The molecule has 0 aromatic heterocycles. The summed E-state index contributed by atoms with van der Waals surface area (Å²) in [5.41, 5.74) is -0.428. The van der Waals surface area contributed by atoms with Crippen molar-refractivity contribution < 1.29 is 42.6 Å². The van der Waals surface area contributed by atoms with Crippen LogP contribution in [0.15, 0.2) is 24.3 Å². The maximum absolute atomic E-state index is 14.2. The molecule has 144 valence electrons. The van der Waals surface area contributed by atoms with Crippen molar-refractivity contribution in [1.29, 1.82) is 0 Å². The predicted molar refractivity (Wildman–Crippen MR) is 85.6 cm³/mol. The van der Waals surface area contributed by atoms with Crippen molar-refractivity contribution >= 4 is 35.4 Å². The Morgan fingerprint density at radius 3 is 1.70 bits per heavy atom. The summed E-state index contributed by atoms with van der Waals surface area (Å²) in [7, 11) is 0. The molecule has 0 N–H and O–H groups in total. The van der Waals surface area contributed by atoms with Gasteiger partial charge in [-0.1, -0.05) is 12.1 Å². The van der Waals surface area contributed by atoms with Crippen LogP contribution < -0.4 is 4.90 Å². The number of carbonyl (C=O) groups excluding carboxylic acids is 5. The Balaban J connectivity index is 2.58. The molecule has 1 aromatic carbocycles. The molecule has 3 atom stereocenters. The summed E-state index contributed by atoms with van der Waals surface area (Å²) >= 11 is 0. The van der Waals surface area contributed by atoms with Gasteiger partial charge in [0.1, 0.15) is 5.82 Å². The number of anilines is 1. The summed E-state index contributed by atoms with van der Waals surface area (Å²) in [5, 5.41) is 0. The number of ether oxygens (including phenoxy) is 3. The number of rotatable bonds is 4. The number of nitrogens with zero attached hydrogens (tertiary/aromatic N) is 1. The lowest BCUT2D eigenvalue weighted by Crippen LogP contribution is -2.65. The van der Waals surface area contributed by atoms with Gasteiger partial charge >= 0.3 is 17.9 Å². The molecule has 1 aliphatic heterocycles. The third-order valence-corrected chi connectivity index (χ3v) is 3.51. The molecule has 0 saturated carbocycles. The van der Waals surface area contributed by atoms with E-state index in [0.29, 0.717) is 4.90 Å². The first kappa shape index (κ1) is 20.0. The summed E-state index contributed by atoms with van der Waals surface area (Å²) in [6, 6.07) is 4.87. The van der Waals surface area contributed by atoms with Crippen LogP contribution in [0.1, 0.15) is 20.8 Å². The Morgan fingerprint density at radius 1 is 0.852 bits per heavy atom.